The van der Waals surface area contributed by atoms with Crippen molar-refractivity contribution in [2.75, 3.05) is 6.54 Å². The molecule has 0 radical (unpaired) electrons. The molecule has 202 valence electrons. The normalized spacial score (nSPS) is 16.4. The lowest BCUT2D eigenvalue weighted by Crippen LogP contribution is -2.55. The number of nitrogens with two attached hydrogens (primary N) is 1. The van der Waals surface area contributed by atoms with Crippen LogP contribution in [0.1, 0.15) is 94.4 Å². The van der Waals surface area contributed by atoms with Gasteiger partial charge in [-0.2, -0.15) is 0 Å². The van der Waals surface area contributed by atoms with Crippen LogP contribution in [0.15, 0.2) is 0 Å². The van der Waals surface area contributed by atoms with E-state index in [0.29, 0.717) is 19.4 Å². The second-order valence-corrected chi connectivity index (χ2v) is 11.5. The first-order chi connectivity index (χ1) is 15.3. The van der Waals surface area contributed by atoms with Crippen molar-refractivity contribution < 1.29 is 34.0 Å². The number of esters is 1. The van der Waals surface area contributed by atoms with E-state index in [0.717, 1.165) is 6.42 Å². The SMILES string of the molecule is CC(C)(C)OC(=O)CC[C@H](NC(=O)N[C@@H](CCCCN)[C@@H](O)OC(C)(C)C)[C@H](O)OC(C)(C)C. The first kappa shape index (κ1) is 32.5. The highest BCUT2D eigenvalue weighted by Gasteiger charge is 2.30. The van der Waals surface area contributed by atoms with E-state index in [9.17, 15) is 19.8 Å². The van der Waals surface area contributed by atoms with E-state index in [1.165, 1.54) is 0 Å². The van der Waals surface area contributed by atoms with Gasteiger partial charge in [-0.3, -0.25) is 4.79 Å². The van der Waals surface area contributed by atoms with E-state index in [4.69, 9.17) is 19.9 Å². The number of hydrogen-bond donors (Lipinski definition) is 5. The van der Waals surface area contributed by atoms with Crippen molar-refractivity contribution >= 4 is 12.0 Å². The van der Waals surface area contributed by atoms with Crippen molar-refractivity contribution in [3.63, 3.8) is 0 Å². The van der Waals surface area contributed by atoms with Gasteiger partial charge < -0.3 is 40.8 Å². The third kappa shape index (κ3) is 17.0. The number of carbonyl (C=O) groups excluding carboxylic acids is 2. The van der Waals surface area contributed by atoms with E-state index in [-0.39, 0.29) is 12.8 Å². The van der Waals surface area contributed by atoms with Gasteiger partial charge in [0.25, 0.3) is 0 Å². The Hall–Kier alpha value is -1.46. The maximum atomic E-state index is 12.8. The van der Waals surface area contributed by atoms with Gasteiger partial charge in [-0.05, 0) is 94.5 Å². The first-order valence-corrected chi connectivity index (χ1v) is 12.0. The Bertz CT molecular complexity index is 609. The highest BCUT2D eigenvalue weighted by molar-refractivity contribution is 5.75. The fourth-order valence-corrected chi connectivity index (χ4v) is 3.01. The Morgan fingerprint density at radius 3 is 1.59 bits per heavy atom. The van der Waals surface area contributed by atoms with Gasteiger partial charge in [0.15, 0.2) is 12.6 Å². The summed E-state index contributed by atoms with van der Waals surface area (Å²) in [6, 6.07) is -2.21. The average Bonchev–Trinajstić information content (AvgIpc) is 2.60. The van der Waals surface area contributed by atoms with Gasteiger partial charge in [-0.1, -0.05) is 0 Å². The Labute approximate surface area is 205 Å². The Morgan fingerprint density at radius 1 is 0.765 bits per heavy atom. The van der Waals surface area contributed by atoms with Crippen LogP contribution in [0.5, 0.6) is 0 Å². The van der Waals surface area contributed by atoms with Crippen LogP contribution >= 0.6 is 0 Å². The van der Waals surface area contributed by atoms with Gasteiger partial charge in [0.2, 0.25) is 0 Å². The van der Waals surface area contributed by atoms with E-state index < -0.39 is 53.5 Å². The number of carbonyl (C=O) groups is 2. The quantitative estimate of drug-likeness (QED) is 0.150. The van der Waals surface area contributed by atoms with Crippen LogP contribution in [0.2, 0.25) is 0 Å². The fraction of sp³-hybridized carbons (Fsp3) is 0.917. The van der Waals surface area contributed by atoms with Crippen molar-refractivity contribution in [3.05, 3.63) is 0 Å². The van der Waals surface area contributed by atoms with Gasteiger partial charge in [0, 0.05) is 6.42 Å². The Balaban J connectivity index is 5.33. The molecular formula is C24H49N3O7. The van der Waals surface area contributed by atoms with E-state index >= 15 is 0 Å². The second-order valence-electron chi connectivity index (χ2n) is 11.5. The third-order valence-corrected chi connectivity index (χ3v) is 4.32. The van der Waals surface area contributed by atoms with Crippen LogP contribution < -0.4 is 16.4 Å². The number of urea groups is 1. The summed E-state index contributed by atoms with van der Waals surface area (Å²) in [5.41, 5.74) is 3.63. The third-order valence-electron chi connectivity index (χ3n) is 4.32. The summed E-state index contributed by atoms with van der Waals surface area (Å²) in [4.78, 5) is 25.0. The maximum absolute atomic E-state index is 12.8. The molecular weight excluding hydrogens is 442 g/mol. The molecule has 0 aromatic heterocycles. The minimum atomic E-state index is -1.36. The minimum Gasteiger partial charge on any atom is -0.460 e. The molecule has 0 fully saturated rings. The predicted molar refractivity (Wildman–Crippen MR) is 131 cm³/mol. The van der Waals surface area contributed by atoms with Crippen LogP contribution in [0.25, 0.3) is 0 Å². The topological polar surface area (TPSA) is 152 Å². The van der Waals surface area contributed by atoms with Crippen LogP contribution in [0.3, 0.4) is 0 Å². The number of unbranched alkanes of at least 4 members (excludes halogenated alkanes) is 1. The highest BCUT2D eigenvalue weighted by Crippen LogP contribution is 2.17. The molecule has 10 nitrogen and oxygen atoms in total. The molecule has 34 heavy (non-hydrogen) atoms. The minimum absolute atomic E-state index is 0.0253. The molecule has 0 aliphatic rings. The summed E-state index contributed by atoms with van der Waals surface area (Å²) in [6.07, 6.45) is -0.659. The summed E-state index contributed by atoms with van der Waals surface area (Å²) in [6.45, 7) is 16.5. The predicted octanol–water partition coefficient (Wildman–Crippen LogP) is 2.54. The molecule has 0 rings (SSSR count). The second kappa shape index (κ2) is 14.2. The van der Waals surface area contributed by atoms with E-state index in [2.05, 4.69) is 10.6 Å². The maximum Gasteiger partial charge on any atom is 0.315 e. The summed E-state index contributed by atoms with van der Waals surface area (Å²) in [5, 5.41) is 26.5. The Kier molecular flexibility index (Phi) is 13.6. The molecule has 0 heterocycles. The first-order valence-electron chi connectivity index (χ1n) is 12.0. The number of rotatable bonds is 13. The highest BCUT2D eigenvalue weighted by atomic mass is 16.6. The molecule has 0 unspecified atom stereocenters. The molecule has 10 heteroatoms. The molecule has 0 aromatic rings. The molecule has 0 aromatic carbocycles. The molecule has 4 atom stereocenters. The smallest absolute Gasteiger partial charge is 0.315 e. The molecule has 0 aliphatic carbocycles. The number of amides is 2. The average molecular weight is 492 g/mol. The zero-order valence-corrected chi connectivity index (χ0v) is 22.6. The molecule has 0 bridgehead atoms. The molecule has 0 aliphatic heterocycles. The van der Waals surface area contributed by atoms with E-state index in [1.807, 2.05) is 0 Å². The monoisotopic (exact) mass is 491 g/mol. The lowest BCUT2D eigenvalue weighted by atomic mass is 10.1. The summed E-state index contributed by atoms with van der Waals surface area (Å²) in [5.74, 6) is -0.448. The zero-order valence-electron chi connectivity index (χ0n) is 22.6. The van der Waals surface area contributed by atoms with Gasteiger partial charge in [-0.25, -0.2) is 4.79 Å². The number of aliphatic hydroxyl groups excluding tert-OH is 2. The van der Waals surface area contributed by atoms with Gasteiger partial charge in [-0.15, -0.1) is 0 Å². The van der Waals surface area contributed by atoms with Crippen LogP contribution in [-0.4, -0.2) is 70.2 Å². The Morgan fingerprint density at radius 2 is 1.21 bits per heavy atom. The van der Waals surface area contributed by atoms with Gasteiger partial charge >= 0.3 is 12.0 Å². The molecule has 0 spiro atoms. The number of aliphatic hydroxyl groups is 2. The molecule has 2 amide bonds. The van der Waals surface area contributed by atoms with Gasteiger partial charge in [0.1, 0.15) is 5.60 Å². The van der Waals surface area contributed by atoms with Crippen LogP contribution in [0, 0.1) is 0 Å². The summed E-state index contributed by atoms with van der Waals surface area (Å²) < 4.78 is 16.5. The largest absolute Gasteiger partial charge is 0.460 e. The summed E-state index contributed by atoms with van der Waals surface area (Å²) >= 11 is 0. The molecule has 0 saturated heterocycles. The van der Waals surface area contributed by atoms with Crippen molar-refractivity contribution in [1.82, 2.24) is 10.6 Å². The number of hydrogen-bond acceptors (Lipinski definition) is 8. The summed E-state index contributed by atoms with van der Waals surface area (Å²) in [7, 11) is 0. The molecule has 0 saturated carbocycles. The number of nitrogens with one attached hydrogen (secondary N) is 2. The van der Waals surface area contributed by atoms with Crippen LogP contribution in [0.4, 0.5) is 4.79 Å². The number of ether oxygens (including phenoxy) is 3. The van der Waals surface area contributed by atoms with Crippen LogP contribution in [-0.2, 0) is 19.0 Å². The lowest BCUT2D eigenvalue weighted by molar-refractivity contribution is -0.182. The van der Waals surface area contributed by atoms with Crippen molar-refractivity contribution in [2.45, 2.75) is 136 Å². The van der Waals surface area contributed by atoms with Gasteiger partial charge in [0.05, 0.1) is 23.3 Å². The lowest BCUT2D eigenvalue weighted by Gasteiger charge is -2.32. The zero-order chi connectivity index (χ0) is 26.7. The van der Waals surface area contributed by atoms with Crippen molar-refractivity contribution in [1.29, 1.82) is 0 Å². The standard InChI is InChI=1S/C24H49N3O7/c1-22(2,3)32-18(28)14-13-17(20(30)34-24(7,8)9)27-21(31)26-16(12-10-11-15-25)19(29)33-23(4,5)6/h16-17,19-20,29-30H,10-15,25H2,1-9H3,(H2,26,27,31)/t16-,17-,19-,20+/m0/s1. The van der Waals surface area contributed by atoms with E-state index in [1.54, 1.807) is 62.3 Å². The molecule has 6 N–H and O–H groups in total. The van der Waals surface area contributed by atoms with Crippen molar-refractivity contribution in [3.8, 4) is 0 Å². The fourth-order valence-electron chi connectivity index (χ4n) is 3.01. The van der Waals surface area contributed by atoms with Crippen molar-refractivity contribution in [2.24, 2.45) is 5.73 Å².